The van der Waals surface area contributed by atoms with Gasteiger partial charge in [-0.2, -0.15) is 0 Å². The highest BCUT2D eigenvalue weighted by atomic mass is 35.5. The van der Waals surface area contributed by atoms with Crippen molar-refractivity contribution in [1.82, 2.24) is 9.80 Å². The number of ketones is 1. The molecule has 0 aromatic heterocycles. The van der Waals surface area contributed by atoms with Gasteiger partial charge in [0.1, 0.15) is 0 Å². The molecule has 1 atom stereocenters. The average molecular weight is 392 g/mol. The number of likely N-dealkylation sites (tertiary alicyclic amines) is 2. The first-order valence-corrected chi connectivity index (χ1v) is 9.34. The number of halogens is 3. The first kappa shape index (κ1) is 20.0. The van der Waals surface area contributed by atoms with Crippen LogP contribution in [0, 0.1) is 0 Å². The molecule has 1 aromatic carbocycles. The molecule has 1 aromatic rings. The minimum atomic E-state index is 0. The number of carbonyl (C=O) groups is 1. The van der Waals surface area contributed by atoms with Crippen molar-refractivity contribution >= 4 is 41.4 Å². The van der Waals surface area contributed by atoms with Crippen LogP contribution in [0.5, 0.6) is 0 Å². The molecule has 2 aliphatic heterocycles. The van der Waals surface area contributed by atoms with Gasteiger partial charge in [-0.05, 0) is 63.5 Å². The van der Waals surface area contributed by atoms with Gasteiger partial charge in [0, 0.05) is 18.2 Å². The number of nitrogens with zero attached hydrogens (tertiary/aromatic N) is 2. The van der Waals surface area contributed by atoms with Crippen molar-refractivity contribution in [3.8, 4) is 0 Å². The topological polar surface area (TPSA) is 23.6 Å². The van der Waals surface area contributed by atoms with Crippen LogP contribution in [0.15, 0.2) is 18.2 Å². The maximum atomic E-state index is 12.6. The van der Waals surface area contributed by atoms with Crippen LogP contribution in [-0.2, 0) is 0 Å². The Kier molecular flexibility index (Phi) is 7.83. The Morgan fingerprint density at radius 1 is 1.04 bits per heavy atom. The molecule has 6 heteroatoms. The van der Waals surface area contributed by atoms with E-state index >= 15 is 0 Å². The molecule has 2 aliphatic rings. The molecule has 134 valence electrons. The number of piperidine rings is 1. The Bertz CT molecular complexity index is 561. The van der Waals surface area contributed by atoms with Crippen molar-refractivity contribution in [2.24, 2.45) is 0 Å². The number of carbonyl (C=O) groups excluding carboxylic acids is 1. The number of rotatable bonds is 5. The van der Waals surface area contributed by atoms with Gasteiger partial charge in [0.15, 0.2) is 5.78 Å². The highest BCUT2D eigenvalue weighted by Gasteiger charge is 2.27. The first-order chi connectivity index (χ1) is 11.1. The van der Waals surface area contributed by atoms with Crippen LogP contribution in [0.3, 0.4) is 0 Å². The van der Waals surface area contributed by atoms with Crippen LogP contribution < -0.4 is 0 Å². The van der Waals surface area contributed by atoms with Gasteiger partial charge >= 0.3 is 0 Å². The molecule has 24 heavy (non-hydrogen) atoms. The molecule has 0 bridgehead atoms. The normalized spacial score (nSPS) is 22.3. The van der Waals surface area contributed by atoms with Crippen molar-refractivity contribution < 1.29 is 4.79 Å². The molecular formula is C18H25Cl3N2O. The Balaban J connectivity index is 0.00000208. The third kappa shape index (κ3) is 5.09. The van der Waals surface area contributed by atoms with Gasteiger partial charge in [0.05, 0.1) is 16.6 Å². The number of hydrogen-bond donors (Lipinski definition) is 0. The molecule has 2 heterocycles. The molecule has 0 amide bonds. The van der Waals surface area contributed by atoms with Crippen molar-refractivity contribution in [3.63, 3.8) is 0 Å². The summed E-state index contributed by atoms with van der Waals surface area (Å²) < 4.78 is 0. The second kappa shape index (κ2) is 9.40. The van der Waals surface area contributed by atoms with Crippen molar-refractivity contribution in [2.75, 3.05) is 32.7 Å². The summed E-state index contributed by atoms with van der Waals surface area (Å²) in [7, 11) is 0. The lowest BCUT2D eigenvalue weighted by atomic mass is 10.00. The number of Topliss-reactive ketones (excluding diaryl/α,β-unsaturated/α-hetero) is 1. The van der Waals surface area contributed by atoms with Crippen LogP contribution in [0.4, 0.5) is 0 Å². The van der Waals surface area contributed by atoms with E-state index in [-0.39, 0.29) is 18.2 Å². The summed E-state index contributed by atoms with van der Waals surface area (Å²) in [5, 5.41) is 0.942. The predicted molar refractivity (Wildman–Crippen MR) is 103 cm³/mol. The minimum Gasteiger partial charge on any atom is -0.302 e. The van der Waals surface area contributed by atoms with Crippen LogP contribution in [0.1, 0.15) is 42.5 Å². The zero-order chi connectivity index (χ0) is 16.2. The zero-order valence-corrected chi connectivity index (χ0v) is 16.2. The molecule has 0 saturated carbocycles. The standard InChI is InChI=1S/C18H24Cl2N2O.ClH/c19-16-7-6-14(11-17(16)20)18(23)13-22-10-2-1-5-15(22)12-21-8-3-4-9-21;/h6-7,11,15H,1-5,8-10,12-13H2;1H. The third-order valence-corrected chi connectivity index (χ3v) is 5.74. The van der Waals surface area contributed by atoms with E-state index in [4.69, 9.17) is 23.2 Å². The summed E-state index contributed by atoms with van der Waals surface area (Å²) >= 11 is 12.0. The van der Waals surface area contributed by atoms with E-state index < -0.39 is 0 Å². The zero-order valence-electron chi connectivity index (χ0n) is 13.8. The molecule has 2 saturated heterocycles. The lowest BCUT2D eigenvalue weighted by Gasteiger charge is -2.37. The van der Waals surface area contributed by atoms with Gasteiger partial charge in [0.25, 0.3) is 0 Å². The largest absolute Gasteiger partial charge is 0.302 e. The summed E-state index contributed by atoms with van der Waals surface area (Å²) in [6.45, 7) is 5.03. The second-order valence-corrected chi connectivity index (χ2v) is 7.49. The lowest BCUT2D eigenvalue weighted by molar-refractivity contribution is 0.0785. The Morgan fingerprint density at radius 2 is 1.75 bits per heavy atom. The highest BCUT2D eigenvalue weighted by Crippen LogP contribution is 2.24. The highest BCUT2D eigenvalue weighted by molar-refractivity contribution is 6.42. The van der Waals surface area contributed by atoms with Crippen LogP contribution in [-0.4, -0.2) is 54.3 Å². The molecule has 0 radical (unpaired) electrons. The van der Waals surface area contributed by atoms with E-state index in [1.54, 1.807) is 18.2 Å². The Hall–Kier alpha value is -0.320. The summed E-state index contributed by atoms with van der Waals surface area (Å²) in [6, 6.07) is 5.67. The summed E-state index contributed by atoms with van der Waals surface area (Å²) in [4.78, 5) is 17.5. The quantitative estimate of drug-likeness (QED) is 0.688. The molecule has 2 fully saturated rings. The van der Waals surface area contributed by atoms with E-state index in [9.17, 15) is 4.79 Å². The van der Waals surface area contributed by atoms with Gasteiger partial charge in [-0.15, -0.1) is 12.4 Å². The van der Waals surface area contributed by atoms with Gasteiger partial charge in [-0.25, -0.2) is 0 Å². The summed E-state index contributed by atoms with van der Waals surface area (Å²) in [5.74, 6) is 0.136. The summed E-state index contributed by atoms with van der Waals surface area (Å²) in [5.41, 5.74) is 0.657. The van der Waals surface area contributed by atoms with E-state index in [1.165, 1.54) is 45.2 Å². The third-order valence-electron chi connectivity index (χ3n) is 5.00. The van der Waals surface area contributed by atoms with Gasteiger partial charge < -0.3 is 4.90 Å². The fourth-order valence-electron chi connectivity index (χ4n) is 3.68. The fourth-order valence-corrected chi connectivity index (χ4v) is 3.98. The van der Waals surface area contributed by atoms with Crippen molar-refractivity contribution in [3.05, 3.63) is 33.8 Å². The molecule has 0 N–H and O–H groups in total. The number of benzene rings is 1. The Morgan fingerprint density at radius 3 is 2.46 bits per heavy atom. The smallest absolute Gasteiger partial charge is 0.176 e. The predicted octanol–water partition coefficient (Wildman–Crippen LogP) is 4.55. The molecular weight excluding hydrogens is 367 g/mol. The van der Waals surface area contributed by atoms with Crippen LogP contribution >= 0.6 is 35.6 Å². The second-order valence-electron chi connectivity index (χ2n) is 6.68. The minimum absolute atomic E-state index is 0. The van der Waals surface area contributed by atoms with E-state index in [2.05, 4.69) is 9.80 Å². The maximum Gasteiger partial charge on any atom is 0.176 e. The van der Waals surface area contributed by atoms with Crippen molar-refractivity contribution in [1.29, 1.82) is 0 Å². The van der Waals surface area contributed by atoms with E-state index in [1.807, 2.05) is 0 Å². The monoisotopic (exact) mass is 390 g/mol. The molecule has 3 rings (SSSR count). The first-order valence-electron chi connectivity index (χ1n) is 8.58. The van der Waals surface area contributed by atoms with E-state index in [0.717, 1.165) is 13.1 Å². The molecule has 0 spiro atoms. The fraction of sp³-hybridized carbons (Fsp3) is 0.611. The molecule has 1 unspecified atom stereocenters. The lowest BCUT2D eigenvalue weighted by Crippen LogP contribution is -2.48. The van der Waals surface area contributed by atoms with Gasteiger partial charge in [0.2, 0.25) is 0 Å². The maximum absolute atomic E-state index is 12.6. The van der Waals surface area contributed by atoms with Crippen molar-refractivity contribution in [2.45, 2.75) is 38.1 Å². The van der Waals surface area contributed by atoms with Crippen LogP contribution in [0.25, 0.3) is 0 Å². The van der Waals surface area contributed by atoms with Gasteiger partial charge in [-0.1, -0.05) is 29.6 Å². The average Bonchev–Trinajstić information content (AvgIpc) is 3.05. The number of hydrogen-bond acceptors (Lipinski definition) is 3. The van der Waals surface area contributed by atoms with E-state index in [0.29, 0.717) is 28.2 Å². The molecule has 0 aliphatic carbocycles. The Labute approximate surface area is 160 Å². The molecule has 3 nitrogen and oxygen atoms in total. The summed E-state index contributed by atoms with van der Waals surface area (Å²) in [6.07, 6.45) is 6.29. The van der Waals surface area contributed by atoms with Crippen LogP contribution in [0.2, 0.25) is 10.0 Å². The van der Waals surface area contributed by atoms with Gasteiger partial charge in [-0.3, -0.25) is 9.69 Å². The SMILES string of the molecule is Cl.O=C(CN1CCCCC1CN1CCCC1)c1ccc(Cl)c(Cl)c1.